The Labute approximate surface area is 195 Å². The zero-order chi connectivity index (χ0) is 24.3. The summed E-state index contributed by atoms with van der Waals surface area (Å²) in [5, 5.41) is 2.41. The Morgan fingerprint density at radius 2 is 1.76 bits per heavy atom. The van der Waals surface area contributed by atoms with Gasteiger partial charge in [-0.3, -0.25) is 4.79 Å². The van der Waals surface area contributed by atoms with Crippen LogP contribution in [-0.4, -0.2) is 53.6 Å². The van der Waals surface area contributed by atoms with Gasteiger partial charge in [0.15, 0.2) is 0 Å². The van der Waals surface area contributed by atoms with E-state index in [0.29, 0.717) is 24.5 Å². The number of carbonyl (C=O) groups excluding carboxylic acids is 1. The van der Waals surface area contributed by atoms with Crippen LogP contribution in [0.5, 0.6) is 5.75 Å². The molecule has 0 bridgehead atoms. The molecule has 0 spiro atoms. The third kappa shape index (κ3) is 5.51. The quantitative estimate of drug-likeness (QED) is 0.586. The molecule has 34 heavy (non-hydrogen) atoms. The number of alkyl halides is 3. The van der Waals surface area contributed by atoms with Crippen LogP contribution < -0.4 is 15.0 Å². The van der Waals surface area contributed by atoms with Gasteiger partial charge in [-0.1, -0.05) is 0 Å². The minimum Gasteiger partial charge on any atom is -0.486 e. The Morgan fingerprint density at radius 1 is 1.06 bits per heavy atom. The Morgan fingerprint density at radius 3 is 2.38 bits per heavy atom. The number of likely N-dealkylation sites (N-methyl/N-ethyl adjacent to an activating group) is 1. The molecule has 1 saturated heterocycles. The van der Waals surface area contributed by atoms with Crippen LogP contribution in [0, 0.1) is 0 Å². The highest BCUT2D eigenvalue weighted by atomic mass is 19.4. The molecule has 2 aromatic carbocycles. The summed E-state index contributed by atoms with van der Waals surface area (Å²) in [4.78, 5) is 20.9. The summed E-state index contributed by atoms with van der Waals surface area (Å²) in [6.45, 7) is 3.11. The van der Waals surface area contributed by atoms with E-state index in [0.717, 1.165) is 25.0 Å². The lowest BCUT2D eigenvalue weighted by atomic mass is 10.1. The highest BCUT2D eigenvalue weighted by Crippen LogP contribution is 2.37. The molecule has 1 fully saturated rings. The number of hydrogen-bond acceptors (Lipinski definition) is 5. The van der Waals surface area contributed by atoms with Crippen LogP contribution in [0.1, 0.15) is 21.7 Å². The van der Waals surface area contributed by atoms with Crippen LogP contribution in [0.15, 0.2) is 54.9 Å². The van der Waals surface area contributed by atoms with Crippen molar-refractivity contribution >= 4 is 17.3 Å². The average Bonchev–Trinajstić information content (AvgIpc) is 3.22. The second kappa shape index (κ2) is 9.76. The molecule has 1 aromatic heterocycles. The number of amides is 1. The van der Waals surface area contributed by atoms with Gasteiger partial charge >= 0.3 is 6.18 Å². The molecular formula is C24H26F3N5O2. The maximum absolute atomic E-state index is 13.8. The number of nitrogens with one attached hydrogen (secondary N) is 1. The van der Waals surface area contributed by atoms with E-state index in [1.54, 1.807) is 30.6 Å². The first kappa shape index (κ1) is 23.6. The van der Waals surface area contributed by atoms with Gasteiger partial charge in [-0.2, -0.15) is 13.2 Å². The van der Waals surface area contributed by atoms with Crippen LogP contribution in [0.25, 0.3) is 0 Å². The molecule has 1 amide bonds. The van der Waals surface area contributed by atoms with Crippen molar-refractivity contribution in [3.63, 3.8) is 0 Å². The zero-order valence-electron chi connectivity index (χ0n) is 19.0. The minimum absolute atomic E-state index is 0.223. The largest absolute Gasteiger partial charge is 0.486 e. The van der Waals surface area contributed by atoms with Gasteiger partial charge in [-0.25, -0.2) is 4.98 Å². The number of benzene rings is 2. The summed E-state index contributed by atoms with van der Waals surface area (Å²) in [5.41, 5.74) is -0.425. The first-order chi connectivity index (χ1) is 16.2. The molecule has 7 nitrogen and oxygen atoms in total. The minimum atomic E-state index is -4.60. The standard InChI is InChI=1S/C24H26F3N5O2/c1-30-11-13-32(14-12-30)18-5-8-21(20(15-18)24(25,26)27)29-23(33)17-3-6-19(7-4-17)34-16-22-28-9-10-31(22)2/h3-10,15H,11-14,16H2,1-2H3,(H,29,33). The van der Waals surface area contributed by atoms with Crippen LogP contribution in [-0.2, 0) is 19.8 Å². The van der Waals surface area contributed by atoms with Crippen molar-refractivity contribution in [2.45, 2.75) is 12.8 Å². The second-order valence-electron chi connectivity index (χ2n) is 8.24. The van der Waals surface area contributed by atoms with Gasteiger partial charge in [0, 0.05) is 56.9 Å². The lowest BCUT2D eigenvalue weighted by molar-refractivity contribution is -0.136. The lowest BCUT2D eigenvalue weighted by Gasteiger charge is -2.34. The number of carbonyl (C=O) groups is 1. The summed E-state index contributed by atoms with van der Waals surface area (Å²) in [5.74, 6) is 0.627. The van der Waals surface area contributed by atoms with Gasteiger partial charge in [0.2, 0.25) is 0 Å². The fourth-order valence-electron chi connectivity index (χ4n) is 3.72. The third-order valence-corrected chi connectivity index (χ3v) is 5.83. The molecule has 10 heteroatoms. The second-order valence-corrected chi connectivity index (χ2v) is 8.24. The summed E-state index contributed by atoms with van der Waals surface area (Å²) in [6.07, 6.45) is -1.13. The number of hydrogen-bond donors (Lipinski definition) is 1. The number of piperazine rings is 1. The van der Waals surface area contributed by atoms with E-state index in [4.69, 9.17) is 4.74 Å². The molecule has 0 atom stereocenters. The van der Waals surface area contributed by atoms with E-state index in [1.165, 1.54) is 18.2 Å². The molecule has 0 unspecified atom stereocenters. The average molecular weight is 473 g/mol. The predicted molar refractivity (Wildman–Crippen MR) is 123 cm³/mol. The van der Waals surface area contributed by atoms with Crippen molar-refractivity contribution in [1.29, 1.82) is 0 Å². The van der Waals surface area contributed by atoms with Crippen LogP contribution in [0.2, 0.25) is 0 Å². The summed E-state index contributed by atoms with van der Waals surface area (Å²) in [6, 6.07) is 10.3. The number of aryl methyl sites for hydroxylation is 1. The molecule has 3 aromatic rings. The van der Waals surface area contributed by atoms with Crippen molar-refractivity contribution in [1.82, 2.24) is 14.5 Å². The fourth-order valence-corrected chi connectivity index (χ4v) is 3.72. The van der Waals surface area contributed by atoms with Crippen LogP contribution in [0.4, 0.5) is 24.5 Å². The molecule has 0 radical (unpaired) electrons. The molecule has 4 rings (SSSR count). The lowest BCUT2D eigenvalue weighted by Crippen LogP contribution is -2.44. The molecule has 180 valence electrons. The van der Waals surface area contributed by atoms with Crippen molar-refractivity contribution < 1.29 is 22.7 Å². The number of ether oxygens (including phenoxy) is 1. The number of halogens is 3. The smallest absolute Gasteiger partial charge is 0.418 e. The van der Waals surface area contributed by atoms with E-state index in [9.17, 15) is 18.0 Å². The van der Waals surface area contributed by atoms with Gasteiger partial charge in [-0.05, 0) is 49.5 Å². The van der Waals surface area contributed by atoms with Crippen LogP contribution in [0.3, 0.4) is 0 Å². The highest BCUT2D eigenvalue weighted by molar-refractivity contribution is 6.04. The van der Waals surface area contributed by atoms with Gasteiger partial charge < -0.3 is 24.4 Å². The monoisotopic (exact) mass is 473 g/mol. The Bertz CT molecular complexity index is 1140. The topological polar surface area (TPSA) is 62.6 Å². The fraction of sp³-hybridized carbons (Fsp3) is 0.333. The number of imidazole rings is 1. The highest BCUT2D eigenvalue weighted by Gasteiger charge is 2.35. The van der Waals surface area contributed by atoms with Gasteiger partial charge in [-0.15, -0.1) is 0 Å². The van der Waals surface area contributed by atoms with Crippen molar-refractivity contribution in [2.75, 3.05) is 43.4 Å². The first-order valence-corrected chi connectivity index (χ1v) is 10.9. The molecule has 2 heterocycles. The molecule has 1 aliphatic heterocycles. The van der Waals surface area contributed by atoms with Gasteiger partial charge in [0.05, 0.1) is 11.3 Å². The summed E-state index contributed by atoms with van der Waals surface area (Å²) in [7, 11) is 3.84. The summed E-state index contributed by atoms with van der Waals surface area (Å²) < 4.78 is 48.9. The van der Waals surface area contributed by atoms with E-state index in [-0.39, 0.29) is 17.9 Å². The number of aromatic nitrogens is 2. The third-order valence-electron chi connectivity index (χ3n) is 5.83. The Hall–Kier alpha value is -3.53. The van der Waals surface area contributed by atoms with E-state index < -0.39 is 17.6 Å². The maximum atomic E-state index is 13.8. The number of nitrogens with zero attached hydrogens (tertiary/aromatic N) is 4. The maximum Gasteiger partial charge on any atom is 0.418 e. The molecule has 1 aliphatic rings. The van der Waals surface area contributed by atoms with E-state index in [1.807, 2.05) is 23.6 Å². The van der Waals surface area contributed by atoms with Crippen molar-refractivity contribution in [3.05, 3.63) is 71.8 Å². The predicted octanol–water partition coefficient (Wildman–Crippen LogP) is 4.02. The van der Waals surface area contributed by atoms with Gasteiger partial charge in [0.1, 0.15) is 18.2 Å². The normalized spacial score (nSPS) is 14.8. The number of rotatable bonds is 6. The SMILES string of the molecule is CN1CCN(c2ccc(NC(=O)c3ccc(OCc4nccn4C)cc3)c(C(F)(F)F)c2)CC1. The van der Waals surface area contributed by atoms with Crippen molar-refractivity contribution in [2.24, 2.45) is 7.05 Å². The first-order valence-electron chi connectivity index (χ1n) is 10.9. The van der Waals surface area contributed by atoms with Crippen LogP contribution >= 0.6 is 0 Å². The molecular weight excluding hydrogens is 447 g/mol. The van der Waals surface area contributed by atoms with Crippen molar-refractivity contribution in [3.8, 4) is 5.75 Å². The molecule has 1 N–H and O–H groups in total. The van der Waals surface area contributed by atoms with E-state index in [2.05, 4.69) is 15.2 Å². The Balaban J connectivity index is 1.45. The van der Waals surface area contributed by atoms with Gasteiger partial charge in [0.25, 0.3) is 5.91 Å². The van der Waals surface area contributed by atoms with E-state index >= 15 is 0 Å². The summed E-state index contributed by atoms with van der Waals surface area (Å²) >= 11 is 0. The number of anilines is 2. The molecule has 0 aliphatic carbocycles. The molecule has 0 saturated carbocycles. The zero-order valence-corrected chi connectivity index (χ0v) is 19.0. The Kier molecular flexibility index (Phi) is 6.78.